The van der Waals surface area contributed by atoms with Crippen LogP contribution in [-0.2, 0) is 4.79 Å². The first-order valence-corrected chi connectivity index (χ1v) is 10.7. The molecule has 150 valence electrons. The van der Waals surface area contributed by atoms with Gasteiger partial charge in [-0.1, -0.05) is 22.0 Å². The largest absolute Gasteiger partial charge is 0.492 e. The summed E-state index contributed by atoms with van der Waals surface area (Å²) in [7, 11) is 0. The number of pyridine rings is 1. The molecule has 0 bridgehead atoms. The van der Waals surface area contributed by atoms with Crippen LogP contribution in [0.15, 0.2) is 59.1 Å². The van der Waals surface area contributed by atoms with Crippen LogP contribution in [0.3, 0.4) is 0 Å². The first-order valence-electron chi connectivity index (χ1n) is 9.92. The second-order valence-electron chi connectivity index (χ2n) is 7.16. The highest BCUT2D eigenvalue weighted by atomic mass is 79.9. The third-order valence-electron chi connectivity index (χ3n) is 5.26. The first-order chi connectivity index (χ1) is 14.1. The monoisotopic (exact) mass is 453 g/mol. The summed E-state index contributed by atoms with van der Waals surface area (Å²) in [5.41, 5.74) is 2.98. The Balaban J connectivity index is 1.34. The molecule has 6 heteroatoms. The van der Waals surface area contributed by atoms with Gasteiger partial charge in [-0.3, -0.25) is 9.69 Å². The molecule has 4 rings (SSSR count). The number of amides is 1. The third kappa shape index (κ3) is 4.77. The van der Waals surface area contributed by atoms with Gasteiger partial charge >= 0.3 is 0 Å². The van der Waals surface area contributed by atoms with Crippen molar-refractivity contribution < 1.29 is 9.53 Å². The molecule has 29 heavy (non-hydrogen) atoms. The van der Waals surface area contributed by atoms with Crippen molar-refractivity contribution in [1.82, 2.24) is 14.8 Å². The number of fused-ring (bicyclic) bond motifs is 1. The second kappa shape index (κ2) is 8.93. The zero-order valence-electron chi connectivity index (χ0n) is 16.5. The molecule has 5 nitrogen and oxygen atoms in total. The highest BCUT2D eigenvalue weighted by molar-refractivity contribution is 9.10. The van der Waals surface area contributed by atoms with E-state index >= 15 is 0 Å². The number of halogens is 1. The molecular formula is C23H24BrN3O2. The molecule has 2 aromatic carbocycles. The summed E-state index contributed by atoms with van der Waals surface area (Å²) in [6.45, 7) is 6.34. The summed E-state index contributed by atoms with van der Waals surface area (Å²) in [6.07, 6.45) is 0. The Morgan fingerprint density at radius 1 is 1.07 bits per heavy atom. The normalized spacial score (nSPS) is 15.1. The minimum Gasteiger partial charge on any atom is -0.492 e. The number of nitrogens with zero attached hydrogens (tertiary/aromatic N) is 3. The van der Waals surface area contributed by atoms with Crippen LogP contribution in [0.4, 0.5) is 0 Å². The molecule has 0 spiro atoms. The lowest BCUT2D eigenvalue weighted by Crippen LogP contribution is -2.50. The van der Waals surface area contributed by atoms with Gasteiger partial charge in [-0.2, -0.15) is 0 Å². The van der Waals surface area contributed by atoms with Crippen LogP contribution in [0.5, 0.6) is 5.75 Å². The summed E-state index contributed by atoms with van der Waals surface area (Å²) in [6, 6.07) is 18.2. The molecule has 0 atom stereocenters. The number of carbonyl (C=O) groups excluding carboxylic acids is 1. The summed E-state index contributed by atoms with van der Waals surface area (Å²) < 4.78 is 6.93. The van der Waals surface area contributed by atoms with Gasteiger partial charge < -0.3 is 9.64 Å². The van der Waals surface area contributed by atoms with Crippen LogP contribution < -0.4 is 4.74 Å². The Morgan fingerprint density at radius 2 is 1.90 bits per heavy atom. The van der Waals surface area contributed by atoms with Gasteiger partial charge in [-0.15, -0.1) is 0 Å². The highest BCUT2D eigenvalue weighted by Gasteiger charge is 2.22. The van der Waals surface area contributed by atoms with Gasteiger partial charge in [-0.05, 0) is 55.5 Å². The molecule has 0 radical (unpaired) electrons. The van der Waals surface area contributed by atoms with E-state index in [1.54, 1.807) is 0 Å². The summed E-state index contributed by atoms with van der Waals surface area (Å²) in [5, 5.41) is 1.11. The number of hydrogen-bond donors (Lipinski definition) is 0. The van der Waals surface area contributed by atoms with Crippen LogP contribution >= 0.6 is 15.9 Å². The van der Waals surface area contributed by atoms with Crippen LogP contribution in [0, 0.1) is 0 Å². The van der Waals surface area contributed by atoms with E-state index in [1.165, 1.54) is 0 Å². The molecule has 1 amide bonds. The van der Waals surface area contributed by atoms with Crippen LogP contribution in [0.1, 0.15) is 6.92 Å². The lowest BCUT2D eigenvalue weighted by atomic mass is 10.1. The van der Waals surface area contributed by atoms with Crippen molar-refractivity contribution in [2.75, 3.05) is 39.3 Å². The van der Waals surface area contributed by atoms with Gasteiger partial charge in [0.15, 0.2) is 0 Å². The Bertz CT molecular complexity index is 1010. The number of rotatable bonds is 6. The summed E-state index contributed by atoms with van der Waals surface area (Å²) in [4.78, 5) is 20.8. The van der Waals surface area contributed by atoms with E-state index in [-0.39, 0.29) is 5.91 Å². The molecule has 1 fully saturated rings. The van der Waals surface area contributed by atoms with E-state index in [0.717, 1.165) is 58.6 Å². The number of carbonyl (C=O) groups is 1. The predicted octanol–water partition coefficient (Wildman–Crippen LogP) is 4.21. The van der Waals surface area contributed by atoms with Crippen molar-refractivity contribution in [3.63, 3.8) is 0 Å². The molecule has 1 saturated heterocycles. The molecule has 1 aromatic heterocycles. The average Bonchev–Trinajstić information content (AvgIpc) is 2.74. The number of benzene rings is 2. The van der Waals surface area contributed by atoms with Crippen molar-refractivity contribution in [3.8, 4) is 17.0 Å². The van der Waals surface area contributed by atoms with Crippen LogP contribution in [0.2, 0.25) is 0 Å². The van der Waals surface area contributed by atoms with Gasteiger partial charge in [0, 0.05) is 41.6 Å². The minimum atomic E-state index is 0.207. The van der Waals surface area contributed by atoms with Gasteiger partial charge in [0.2, 0.25) is 5.91 Å². The van der Waals surface area contributed by atoms with Crippen molar-refractivity contribution in [3.05, 3.63) is 59.1 Å². The molecule has 0 aliphatic carbocycles. The quantitative estimate of drug-likeness (QED) is 0.560. The molecule has 3 aromatic rings. The minimum absolute atomic E-state index is 0.207. The summed E-state index contributed by atoms with van der Waals surface area (Å²) in [5.74, 6) is 1.04. The number of piperazine rings is 1. The molecule has 1 aliphatic heterocycles. The molecule has 1 aliphatic rings. The van der Waals surface area contributed by atoms with Gasteiger partial charge in [-0.25, -0.2) is 4.98 Å². The number of hydrogen-bond acceptors (Lipinski definition) is 4. The Morgan fingerprint density at radius 3 is 2.66 bits per heavy atom. The SMILES string of the molecule is CCN1CCN(CCOc2ccc(-c3ccc4cc(Br)ccc4n3)cc2)CC1=O. The average molecular weight is 454 g/mol. The van der Waals surface area contributed by atoms with E-state index in [4.69, 9.17) is 9.72 Å². The van der Waals surface area contributed by atoms with Gasteiger partial charge in [0.05, 0.1) is 17.8 Å². The molecule has 2 heterocycles. The molecule has 0 saturated carbocycles. The van der Waals surface area contributed by atoms with E-state index in [0.29, 0.717) is 13.2 Å². The fourth-order valence-electron chi connectivity index (χ4n) is 3.55. The van der Waals surface area contributed by atoms with Gasteiger partial charge in [0.25, 0.3) is 0 Å². The topological polar surface area (TPSA) is 45.7 Å². The molecule has 0 N–H and O–H groups in total. The standard InChI is InChI=1S/C23H24BrN3O2/c1-2-27-12-11-26(16-23(27)28)13-14-29-20-7-3-17(4-8-20)21-9-5-18-15-19(24)6-10-22(18)25-21/h3-10,15H,2,11-14,16H2,1H3. The number of aromatic nitrogens is 1. The predicted molar refractivity (Wildman–Crippen MR) is 119 cm³/mol. The van der Waals surface area contributed by atoms with Crippen LogP contribution in [0.25, 0.3) is 22.2 Å². The lowest BCUT2D eigenvalue weighted by Gasteiger charge is -2.33. The lowest BCUT2D eigenvalue weighted by molar-refractivity contribution is -0.135. The Labute approximate surface area is 179 Å². The highest BCUT2D eigenvalue weighted by Crippen LogP contribution is 2.25. The summed E-state index contributed by atoms with van der Waals surface area (Å²) >= 11 is 3.50. The molecular weight excluding hydrogens is 430 g/mol. The maximum atomic E-state index is 12.0. The van der Waals surface area contributed by atoms with E-state index in [9.17, 15) is 4.79 Å². The van der Waals surface area contributed by atoms with Gasteiger partial charge in [0.1, 0.15) is 12.4 Å². The fraction of sp³-hybridized carbons (Fsp3) is 0.304. The molecule has 0 unspecified atom stereocenters. The maximum Gasteiger partial charge on any atom is 0.236 e. The van der Waals surface area contributed by atoms with Crippen molar-refractivity contribution in [2.45, 2.75) is 6.92 Å². The van der Waals surface area contributed by atoms with Crippen molar-refractivity contribution in [1.29, 1.82) is 0 Å². The second-order valence-corrected chi connectivity index (χ2v) is 8.07. The van der Waals surface area contributed by atoms with E-state index < -0.39 is 0 Å². The maximum absolute atomic E-state index is 12.0. The zero-order valence-corrected chi connectivity index (χ0v) is 18.1. The van der Waals surface area contributed by atoms with E-state index in [2.05, 4.69) is 33.0 Å². The first kappa shape index (κ1) is 19.9. The zero-order chi connectivity index (χ0) is 20.2. The number of ether oxygens (including phenoxy) is 1. The number of likely N-dealkylation sites (N-methyl/N-ethyl adjacent to an activating group) is 1. The van der Waals surface area contributed by atoms with Crippen molar-refractivity contribution >= 4 is 32.7 Å². The fourth-order valence-corrected chi connectivity index (χ4v) is 3.93. The third-order valence-corrected chi connectivity index (χ3v) is 5.75. The Kier molecular flexibility index (Phi) is 6.11. The van der Waals surface area contributed by atoms with E-state index in [1.807, 2.05) is 54.3 Å². The van der Waals surface area contributed by atoms with Crippen LogP contribution in [-0.4, -0.2) is 60.0 Å². The Hall–Kier alpha value is -2.44. The smallest absolute Gasteiger partial charge is 0.236 e. The van der Waals surface area contributed by atoms with Crippen molar-refractivity contribution in [2.24, 2.45) is 0 Å².